The molecule has 1 aromatic carbocycles. The number of anilines is 1. The van der Waals surface area contributed by atoms with Crippen molar-refractivity contribution in [1.82, 2.24) is 4.98 Å². The third-order valence-electron chi connectivity index (χ3n) is 7.59. The minimum Gasteiger partial charge on any atom is -0.307 e. The molecule has 2 saturated carbocycles. The highest BCUT2D eigenvalue weighted by Crippen LogP contribution is 2.68. The number of thioether (sulfide) groups is 1. The number of hydrogen-bond donors (Lipinski definition) is 1. The number of thiophene rings is 1. The molecule has 2 aliphatic carbocycles. The van der Waals surface area contributed by atoms with Gasteiger partial charge in [0.15, 0.2) is 0 Å². The molecule has 7 rings (SSSR count). The van der Waals surface area contributed by atoms with Crippen molar-refractivity contribution < 1.29 is 9.59 Å². The molecule has 5 nitrogen and oxygen atoms in total. The van der Waals surface area contributed by atoms with E-state index in [0.29, 0.717) is 5.69 Å². The van der Waals surface area contributed by atoms with Gasteiger partial charge in [-0.3, -0.25) is 19.3 Å². The van der Waals surface area contributed by atoms with Gasteiger partial charge in [-0.05, 0) is 47.8 Å². The van der Waals surface area contributed by atoms with Crippen LogP contribution in [0.3, 0.4) is 0 Å². The molecule has 3 fully saturated rings. The number of para-hydroxylation sites is 1. The maximum absolute atomic E-state index is 13.6. The summed E-state index contributed by atoms with van der Waals surface area (Å²) in [4.78, 5) is 46.1. The number of aromatic amines is 1. The lowest BCUT2D eigenvalue weighted by Gasteiger charge is -2.42. The Labute approximate surface area is 190 Å². The Bertz CT molecular complexity index is 1260. The molecular weight excluding hydrogens is 448 g/mol. The fourth-order valence-electron chi connectivity index (χ4n) is 6.64. The normalized spacial score (nSPS) is 35.4. The van der Waals surface area contributed by atoms with Crippen LogP contribution in [0.2, 0.25) is 0 Å². The van der Waals surface area contributed by atoms with Crippen LogP contribution in [0.25, 0.3) is 0 Å². The number of nitrogens with one attached hydrogen (secondary N) is 1. The van der Waals surface area contributed by atoms with Crippen molar-refractivity contribution in [2.24, 2.45) is 29.6 Å². The van der Waals surface area contributed by atoms with Gasteiger partial charge in [-0.2, -0.15) is 0 Å². The second-order valence-electron chi connectivity index (χ2n) is 8.82. The maximum Gasteiger partial charge on any atom is 0.305 e. The van der Waals surface area contributed by atoms with Gasteiger partial charge in [-0.25, -0.2) is 0 Å². The fourth-order valence-corrected chi connectivity index (χ4v) is 10.5. The summed E-state index contributed by atoms with van der Waals surface area (Å²) in [7, 11) is 0. The van der Waals surface area contributed by atoms with Crippen molar-refractivity contribution in [3.63, 3.8) is 0 Å². The van der Waals surface area contributed by atoms with Gasteiger partial charge in [0.25, 0.3) is 0 Å². The van der Waals surface area contributed by atoms with Crippen LogP contribution in [-0.2, 0) is 9.59 Å². The largest absolute Gasteiger partial charge is 0.307 e. The first kappa shape index (κ1) is 18.4. The molecule has 2 bridgehead atoms. The fraction of sp³-hybridized carbons (Fsp3) is 0.348. The molecule has 3 aromatic rings. The number of imide groups is 1. The topological polar surface area (TPSA) is 70.2 Å². The zero-order valence-electron chi connectivity index (χ0n) is 16.3. The van der Waals surface area contributed by atoms with Crippen molar-refractivity contribution in [1.29, 1.82) is 0 Å². The maximum atomic E-state index is 13.6. The zero-order chi connectivity index (χ0) is 20.9. The summed E-state index contributed by atoms with van der Waals surface area (Å²) in [5.41, 5.74) is 0.681. The molecule has 7 atom stereocenters. The molecule has 2 aromatic heterocycles. The van der Waals surface area contributed by atoms with E-state index in [1.54, 1.807) is 23.1 Å². The first-order valence-electron chi connectivity index (χ1n) is 10.5. The van der Waals surface area contributed by atoms with E-state index in [-0.39, 0.29) is 57.4 Å². The number of amides is 2. The molecule has 31 heavy (non-hydrogen) atoms. The Morgan fingerprint density at radius 2 is 1.71 bits per heavy atom. The van der Waals surface area contributed by atoms with Crippen LogP contribution in [0.15, 0.2) is 57.7 Å². The van der Waals surface area contributed by atoms with E-state index in [0.717, 1.165) is 16.3 Å². The number of benzene rings is 1. The minimum atomic E-state index is -0.237. The van der Waals surface area contributed by atoms with Gasteiger partial charge in [-0.1, -0.05) is 35.6 Å². The van der Waals surface area contributed by atoms with Gasteiger partial charge < -0.3 is 4.98 Å². The highest BCUT2D eigenvalue weighted by Gasteiger charge is 2.69. The SMILES string of the molecule is O=C1[C@@H]2[C@@H]3C[C@@H]([C@H]4Sc5[nH]c(=O)sc5[C@H](c5cccs5)[C@H]34)[C@@H]2C(=O)N1c1ccccc1. The Hall–Kier alpha value is -2.16. The summed E-state index contributed by atoms with van der Waals surface area (Å²) in [6, 6.07) is 13.5. The summed E-state index contributed by atoms with van der Waals surface area (Å²) >= 11 is 4.77. The molecule has 1 N–H and O–H groups in total. The molecule has 2 aliphatic heterocycles. The van der Waals surface area contributed by atoms with E-state index in [1.807, 2.05) is 30.3 Å². The van der Waals surface area contributed by atoms with Gasteiger partial charge >= 0.3 is 4.87 Å². The van der Waals surface area contributed by atoms with Crippen molar-refractivity contribution >= 4 is 51.9 Å². The Morgan fingerprint density at radius 1 is 0.935 bits per heavy atom. The molecule has 4 heterocycles. The zero-order valence-corrected chi connectivity index (χ0v) is 18.7. The second kappa shape index (κ2) is 6.43. The number of carbonyl (C=O) groups excluding carboxylic acids is 2. The molecule has 0 unspecified atom stereocenters. The molecular formula is C23H18N2O3S3. The molecule has 0 spiro atoms. The van der Waals surface area contributed by atoms with Gasteiger partial charge in [0.1, 0.15) is 0 Å². The number of aromatic nitrogens is 1. The van der Waals surface area contributed by atoms with Gasteiger partial charge in [-0.15, -0.1) is 23.1 Å². The smallest absolute Gasteiger partial charge is 0.305 e. The molecule has 156 valence electrons. The highest BCUT2D eigenvalue weighted by molar-refractivity contribution is 8.00. The number of rotatable bonds is 2. The van der Waals surface area contributed by atoms with Crippen LogP contribution in [0.4, 0.5) is 5.69 Å². The number of hydrogen-bond acceptors (Lipinski definition) is 6. The van der Waals surface area contributed by atoms with E-state index in [2.05, 4.69) is 22.5 Å². The van der Waals surface area contributed by atoms with Crippen LogP contribution in [0.5, 0.6) is 0 Å². The summed E-state index contributed by atoms with van der Waals surface area (Å²) in [5.74, 6) is 0.224. The summed E-state index contributed by atoms with van der Waals surface area (Å²) in [6.45, 7) is 0. The van der Waals surface area contributed by atoms with Crippen LogP contribution in [0, 0.1) is 29.6 Å². The average molecular weight is 467 g/mol. The van der Waals surface area contributed by atoms with Crippen LogP contribution in [-0.4, -0.2) is 22.0 Å². The minimum absolute atomic E-state index is 0.0195. The highest BCUT2D eigenvalue weighted by atomic mass is 32.2. The molecule has 4 aliphatic rings. The van der Waals surface area contributed by atoms with Crippen molar-refractivity contribution in [3.8, 4) is 0 Å². The predicted octanol–water partition coefficient (Wildman–Crippen LogP) is 4.18. The average Bonchev–Trinajstić information content (AvgIpc) is 3.56. The molecule has 1 saturated heterocycles. The van der Waals surface area contributed by atoms with Crippen molar-refractivity contribution in [2.75, 3.05) is 4.90 Å². The Balaban J connectivity index is 1.34. The van der Waals surface area contributed by atoms with Crippen molar-refractivity contribution in [2.45, 2.75) is 22.6 Å². The lowest BCUT2D eigenvalue weighted by atomic mass is 9.69. The standard InChI is InChI=1S/C23H18N2O3S3/c26-21-15-11-9-12(16(15)22(27)25(21)10-5-2-1-3-6-10)18-14(11)17(13-7-4-8-29-13)19-20(30-18)24-23(28)31-19/h1-8,11-12,14-18H,9H2,(H,24,28)/t11-,12-,14+,15-,16+,17-,18-/m1/s1. The predicted molar refractivity (Wildman–Crippen MR) is 122 cm³/mol. The number of fused-ring (bicyclic) bond motifs is 9. The second-order valence-corrected chi connectivity index (χ2v) is 12.0. The summed E-state index contributed by atoms with van der Waals surface area (Å²) in [6.07, 6.45) is 0.929. The first-order chi connectivity index (χ1) is 15.1. The summed E-state index contributed by atoms with van der Waals surface area (Å²) in [5, 5.41) is 3.30. The van der Waals surface area contributed by atoms with E-state index >= 15 is 0 Å². The number of nitrogens with zero attached hydrogens (tertiary/aromatic N) is 1. The Kier molecular flexibility index (Phi) is 3.82. The van der Waals surface area contributed by atoms with Crippen LogP contribution < -0.4 is 9.77 Å². The van der Waals surface area contributed by atoms with Crippen LogP contribution in [0.1, 0.15) is 22.1 Å². The third-order valence-corrected chi connectivity index (χ3v) is 11.1. The number of carbonyl (C=O) groups is 2. The van der Waals surface area contributed by atoms with Crippen molar-refractivity contribution in [3.05, 3.63) is 67.3 Å². The third kappa shape index (κ3) is 2.36. The quantitative estimate of drug-likeness (QED) is 0.576. The molecule has 0 radical (unpaired) electrons. The lowest BCUT2D eigenvalue weighted by Crippen LogP contribution is -2.42. The van der Waals surface area contributed by atoms with Crippen LogP contribution >= 0.6 is 34.4 Å². The van der Waals surface area contributed by atoms with E-state index < -0.39 is 0 Å². The number of H-pyrrole nitrogens is 1. The Morgan fingerprint density at radius 3 is 2.45 bits per heavy atom. The molecule has 2 amide bonds. The van der Waals surface area contributed by atoms with E-state index in [1.165, 1.54) is 21.1 Å². The van der Waals surface area contributed by atoms with E-state index in [4.69, 9.17) is 0 Å². The van der Waals surface area contributed by atoms with E-state index in [9.17, 15) is 14.4 Å². The monoisotopic (exact) mass is 466 g/mol. The first-order valence-corrected chi connectivity index (χ1v) is 13.1. The lowest BCUT2D eigenvalue weighted by molar-refractivity contribution is -0.123. The molecule has 8 heteroatoms. The summed E-state index contributed by atoms with van der Waals surface area (Å²) < 4.78 is 0. The number of thiazole rings is 1. The van der Waals surface area contributed by atoms with Gasteiger partial charge in [0.2, 0.25) is 11.8 Å². The van der Waals surface area contributed by atoms with Gasteiger partial charge in [0.05, 0.1) is 22.5 Å². The van der Waals surface area contributed by atoms with Gasteiger partial charge in [0, 0.05) is 20.9 Å².